The van der Waals surface area contributed by atoms with Crippen LogP contribution in [0.3, 0.4) is 0 Å². The van der Waals surface area contributed by atoms with Crippen LogP contribution in [-0.4, -0.2) is 11.9 Å². The van der Waals surface area contributed by atoms with Gasteiger partial charge in [0.25, 0.3) is 0 Å². The molecule has 0 saturated heterocycles. The molecule has 6 heteroatoms. The summed E-state index contributed by atoms with van der Waals surface area (Å²) in [5, 5.41) is 0.640. The van der Waals surface area contributed by atoms with Crippen LogP contribution >= 0.6 is 23.2 Å². The van der Waals surface area contributed by atoms with E-state index >= 15 is 0 Å². The first-order valence-electron chi connectivity index (χ1n) is 17.5. The number of carbonyl (C=O) groups is 2. The van der Waals surface area contributed by atoms with E-state index in [1.165, 1.54) is 0 Å². The monoisotopic (exact) mass is 728 g/mol. The van der Waals surface area contributed by atoms with Crippen molar-refractivity contribution in [2.45, 2.75) is 124 Å². The highest BCUT2D eigenvalue weighted by Crippen LogP contribution is 2.40. The van der Waals surface area contributed by atoms with Crippen molar-refractivity contribution in [3.63, 3.8) is 0 Å². The van der Waals surface area contributed by atoms with E-state index in [2.05, 4.69) is 109 Å². The molecule has 0 atom stereocenters. The van der Waals surface area contributed by atoms with Crippen LogP contribution in [0.25, 0.3) is 0 Å². The normalized spacial score (nSPS) is 12.9. The van der Waals surface area contributed by atoms with E-state index in [9.17, 15) is 9.59 Å². The number of hydrogen-bond donors (Lipinski definition) is 0. The molecule has 0 radical (unpaired) electrons. The lowest BCUT2D eigenvalue weighted by Gasteiger charge is -2.27. The van der Waals surface area contributed by atoms with Crippen LogP contribution in [0.1, 0.15) is 151 Å². The molecule has 0 amide bonds. The molecule has 0 saturated carbocycles. The van der Waals surface area contributed by atoms with Gasteiger partial charge in [-0.05, 0) is 104 Å². The summed E-state index contributed by atoms with van der Waals surface area (Å²) in [6, 6.07) is 22.8. The predicted molar refractivity (Wildman–Crippen MR) is 213 cm³/mol. The number of carbonyl (C=O) groups excluding carboxylic acids is 2. The molecule has 4 nitrogen and oxygen atoms in total. The molecule has 0 spiro atoms. The Morgan fingerprint density at radius 2 is 0.686 bits per heavy atom. The van der Waals surface area contributed by atoms with Crippen molar-refractivity contribution in [3.05, 3.63) is 127 Å². The average Bonchev–Trinajstić information content (AvgIpc) is 3.00. The van der Waals surface area contributed by atoms with Gasteiger partial charge in [0, 0.05) is 5.41 Å². The number of ether oxygens (including phenoxy) is 2. The third-order valence-electron chi connectivity index (χ3n) is 9.51. The van der Waals surface area contributed by atoms with Gasteiger partial charge in [-0.1, -0.05) is 144 Å². The Morgan fingerprint density at radius 1 is 0.412 bits per heavy atom. The third-order valence-corrected chi connectivity index (χ3v) is 10.1. The molecule has 272 valence electrons. The highest BCUT2D eigenvalue weighted by molar-refractivity contribution is 6.32. The van der Waals surface area contributed by atoms with E-state index < -0.39 is 17.4 Å². The number of halogens is 2. The Hall–Kier alpha value is -3.60. The van der Waals surface area contributed by atoms with Crippen LogP contribution in [0.4, 0.5) is 0 Å². The van der Waals surface area contributed by atoms with Gasteiger partial charge in [0.2, 0.25) is 0 Å². The van der Waals surface area contributed by atoms with Crippen molar-refractivity contribution in [2.75, 3.05) is 0 Å². The molecule has 4 rings (SSSR count). The molecule has 51 heavy (non-hydrogen) atoms. The van der Waals surface area contributed by atoms with Crippen molar-refractivity contribution in [3.8, 4) is 11.5 Å². The van der Waals surface area contributed by atoms with Crippen LogP contribution in [0.15, 0.2) is 72.8 Å². The Labute approximate surface area is 315 Å². The Morgan fingerprint density at radius 3 is 0.922 bits per heavy atom. The lowest BCUT2D eigenvalue weighted by Crippen LogP contribution is -2.20. The molecule has 0 N–H and O–H groups in total. The van der Waals surface area contributed by atoms with Crippen molar-refractivity contribution >= 4 is 35.1 Å². The van der Waals surface area contributed by atoms with Crippen molar-refractivity contribution in [2.24, 2.45) is 0 Å². The zero-order valence-corrected chi connectivity index (χ0v) is 34.3. The van der Waals surface area contributed by atoms with Gasteiger partial charge < -0.3 is 9.47 Å². The van der Waals surface area contributed by atoms with Crippen LogP contribution in [-0.2, 0) is 27.1 Å². The van der Waals surface area contributed by atoms with Gasteiger partial charge in [0.1, 0.15) is 11.5 Å². The molecular weight excluding hydrogens is 675 g/mol. The molecule has 0 aliphatic carbocycles. The Balaban J connectivity index is 1.57. The first-order valence-corrected chi connectivity index (χ1v) is 18.3. The van der Waals surface area contributed by atoms with E-state index in [0.717, 1.165) is 33.4 Å². The minimum absolute atomic E-state index is 0.141. The number of esters is 2. The van der Waals surface area contributed by atoms with Crippen molar-refractivity contribution < 1.29 is 19.1 Å². The van der Waals surface area contributed by atoms with Crippen molar-refractivity contribution in [1.29, 1.82) is 0 Å². The second-order valence-corrected chi connectivity index (χ2v) is 19.1. The third kappa shape index (κ3) is 9.45. The number of benzene rings is 4. The molecule has 0 heterocycles. The van der Waals surface area contributed by atoms with E-state index in [-0.39, 0.29) is 33.2 Å². The summed E-state index contributed by atoms with van der Waals surface area (Å²) in [5.74, 6) is -0.357. The maximum Gasteiger partial charge on any atom is 0.343 e. The molecule has 4 aromatic rings. The fraction of sp³-hybridized carbons (Fsp3) is 0.422. The quantitative estimate of drug-likeness (QED) is 0.146. The molecule has 4 aromatic carbocycles. The van der Waals surface area contributed by atoms with Crippen LogP contribution in [0.5, 0.6) is 11.5 Å². The topological polar surface area (TPSA) is 52.6 Å². The fourth-order valence-corrected chi connectivity index (χ4v) is 6.09. The standard InChI is InChI=1S/C45H54Cl2O4/c1-41(2,3)31-19-27(20-32(23-31)42(4,5)6)39(48)50-37-17-15-29(25-35(37)46)45(13,14)30-16-18-38(36(47)26-30)51-40(49)28-21-33(43(7,8)9)24-34(22-28)44(10,11)12/h15-26H,1-14H3. The fourth-order valence-electron chi connectivity index (χ4n) is 5.65. The smallest absolute Gasteiger partial charge is 0.343 e. The SMILES string of the molecule is CC(C)(C)c1cc(C(=O)Oc2ccc(C(C)(C)c3ccc(OC(=O)c4cc(C(C)(C)C)cc(C(C)(C)C)c4)c(Cl)c3)cc2Cl)cc(C(C)(C)C)c1. The predicted octanol–water partition coefficient (Wildman–Crippen LogP) is 12.9. The lowest BCUT2D eigenvalue weighted by molar-refractivity contribution is 0.0725. The van der Waals surface area contributed by atoms with Crippen LogP contribution < -0.4 is 9.47 Å². The summed E-state index contributed by atoms with van der Waals surface area (Å²) >= 11 is 13.5. The van der Waals surface area contributed by atoms with Crippen molar-refractivity contribution in [1.82, 2.24) is 0 Å². The molecule has 0 fully saturated rings. The van der Waals surface area contributed by atoms with Gasteiger partial charge in [0.05, 0.1) is 21.2 Å². The minimum Gasteiger partial charge on any atom is -0.421 e. The van der Waals surface area contributed by atoms with Crippen LogP contribution in [0.2, 0.25) is 10.0 Å². The van der Waals surface area contributed by atoms with E-state index in [4.69, 9.17) is 32.7 Å². The highest BCUT2D eigenvalue weighted by Gasteiger charge is 2.28. The zero-order valence-electron chi connectivity index (χ0n) is 32.8. The molecule has 0 bridgehead atoms. The van der Waals surface area contributed by atoms with Crippen LogP contribution in [0, 0.1) is 0 Å². The van der Waals surface area contributed by atoms with Gasteiger partial charge in [0.15, 0.2) is 0 Å². The summed E-state index contributed by atoms with van der Waals surface area (Å²) in [5.41, 5.74) is 5.92. The largest absolute Gasteiger partial charge is 0.421 e. The molecular formula is C45H54Cl2O4. The van der Waals surface area contributed by atoms with E-state index in [1.807, 2.05) is 48.5 Å². The first-order chi connectivity index (χ1) is 23.2. The van der Waals surface area contributed by atoms with E-state index in [1.54, 1.807) is 12.1 Å². The van der Waals surface area contributed by atoms with Gasteiger partial charge in [-0.25, -0.2) is 9.59 Å². The summed E-state index contributed by atoms with van der Waals surface area (Å²) in [6.07, 6.45) is 0. The van der Waals surface area contributed by atoms with Gasteiger partial charge >= 0.3 is 11.9 Å². The number of rotatable bonds is 6. The minimum atomic E-state index is -0.538. The van der Waals surface area contributed by atoms with Gasteiger partial charge in [-0.15, -0.1) is 0 Å². The maximum atomic E-state index is 13.5. The summed E-state index contributed by atoms with van der Waals surface area (Å²) in [7, 11) is 0. The van der Waals surface area contributed by atoms with Gasteiger partial charge in [-0.3, -0.25) is 0 Å². The highest BCUT2D eigenvalue weighted by atomic mass is 35.5. The Kier molecular flexibility index (Phi) is 11.1. The first kappa shape index (κ1) is 40.2. The average molecular weight is 730 g/mol. The maximum absolute atomic E-state index is 13.5. The second kappa shape index (κ2) is 14.1. The molecule has 0 unspecified atom stereocenters. The Bertz CT molecular complexity index is 1750. The summed E-state index contributed by atoms with van der Waals surface area (Å²) in [4.78, 5) is 26.9. The second-order valence-electron chi connectivity index (χ2n) is 18.3. The lowest BCUT2D eigenvalue weighted by atomic mass is 9.78. The number of hydrogen-bond acceptors (Lipinski definition) is 4. The molecule has 0 aliphatic heterocycles. The van der Waals surface area contributed by atoms with Gasteiger partial charge in [-0.2, -0.15) is 0 Å². The summed E-state index contributed by atoms with van der Waals surface area (Å²) < 4.78 is 11.7. The summed E-state index contributed by atoms with van der Waals surface area (Å²) in [6.45, 7) is 29.7. The molecule has 0 aliphatic rings. The molecule has 0 aromatic heterocycles. The van der Waals surface area contributed by atoms with E-state index in [0.29, 0.717) is 21.2 Å². The zero-order chi connectivity index (χ0) is 38.5.